The Morgan fingerprint density at radius 1 is 1.36 bits per heavy atom. The summed E-state index contributed by atoms with van der Waals surface area (Å²) in [5, 5.41) is 0.529. The maximum absolute atomic E-state index is 12.6. The Hall–Kier alpha value is -1.21. The molecule has 0 N–H and O–H groups in total. The third-order valence-corrected chi connectivity index (χ3v) is 9.37. The second-order valence-electron chi connectivity index (χ2n) is 6.70. The standard InChI is InChI=1S/C16H23N3O6S3/c1-18(13-4-9-27(21,22)12-13)16(20)11-26-15-3-2-14(10-17-15)28(23,24)19-5-7-25-8-6-19/h2-3,10,13H,4-9,11-12H2,1H3. The maximum Gasteiger partial charge on any atom is 0.244 e. The van der Waals surface area contributed by atoms with Gasteiger partial charge in [-0.25, -0.2) is 21.8 Å². The van der Waals surface area contributed by atoms with Crippen molar-refractivity contribution in [3.63, 3.8) is 0 Å². The third-order valence-electron chi connectivity index (χ3n) is 4.81. The number of rotatable bonds is 6. The van der Waals surface area contributed by atoms with Crippen molar-refractivity contribution in [1.29, 1.82) is 0 Å². The van der Waals surface area contributed by atoms with Crippen LogP contribution in [0.15, 0.2) is 28.3 Å². The van der Waals surface area contributed by atoms with Crippen molar-refractivity contribution in [2.24, 2.45) is 0 Å². The summed E-state index contributed by atoms with van der Waals surface area (Å²) in [5.41, 5.74) is 0. The van der Waals surface area contributed by atoms with Crippen molar-refractivity contribution in [3.05, 3.63) is 18.3 Å². The zero-order chi connectivity index (χ0) is 20.4. The van der Waals surface area contributed by atoms with Crippen LogP contribution in [0.3, 0.4) is 0 Å². The number of hydrogen-bond acceptors (Lipinski definition) is 8. The van der Waals surface area contributed by atoms with Gasteiger partial charge in [-0.15, -0.1) is 0 Å². The summed E-state index contributed by atoms with van der Waals surface area (Å²) in [5.74, 6) is 0.0455. The van der Waals surface area contributed by atoms with Gasteiger partial charge in [0.15, 0.2) is 9.84 Å². The van der Waals surface area contributed by atoms with Gasteiger partial charge in [0.25, 0.3) is 0 Å². The largest absolute Gasteiger partial charge is 0.379 e. The number of thioether (sulfide) groups is 1. The molecule has 9 nitrogen and oxygen atoms in total. The van der Waals surface area contributed by atoms with Crippen molar-refractivity contribution in [2.75, 3.05) is 50.6 Å². The van der Waals surface area contributed by atoms with Gasteiger partial charge in [-0.3, -0.25) is 4.79 Å². The van der Waals surface area contributed by atoms with Gasteiger partial charge in [0.2, 0.25) is 15.9 Å². The molecule has 0 spiro atoms. The molecule has 2 aliphatic rings. The number of hydrogen-bond donors (Lipinski definition) is 0. The minimum atomic E-state index is -3.60. The van der Waals surface area contributed by atoms with Gasteiger partial charge in [-0.1, -0.05) is 11.8 Å². The average molecular weight is 450 g/mol. The molecule has 156 valence electrons. The molecule has 28 heavy (non-hydrogen) atoms. The van der Waals surface area contributed by atoms with Gasteiger partial charge in [0.05, 0.1) is 35.5 Å². The molecule has 0 bridgehead atoms. The zero-order valence-corrected chi connectivity index (χ0v) is 17.9. The number of ether oxygens (including phenoxy) is 1. The highest BCUT2D eigenvalue weighted by Crippen LogP contribution is 2.22. The average Bonchev–Trinajstić information content (AvgIpc) is 3.06. The number of sulfonamides is 1. The first-order chi connectivity index (χ1) is 13.2. The SMILES string of the molecule is CN(C(=O)CSc1ccc(S(=O)(=O)N2CCOCC2)cn1)C1CCS(=O)(=O)C1. The van der Waals surface area contributed by atoms with E-state index in [9.17, 15) is 21.6 Å². The van der Waals surface area contributed by atoms with E-state index >= 15 is 0 Å². The number of aromatic nitrogens is 1. The van der Waals surface area contributed by atoms with Crippen LogP contribution in [0.25, 0.3) is 0 Å². The summed E-state index contributed by atoms with van der Waals surface area (Å²) in [6.45, 7) is 1.38. The molecular formula is C16H23N3O6S3. The summed E-state index contributed by atoms with van der Waals surface area (Å²) in [4.78, 5) is 18.1. The first-order valence-electron chi connectivity index (χ1n) is 8.82. The summed E-state index contributed by atoms with van der Waals surface area (Å²) in [7, 11) is -5.04. The van der Waals surface area contributed by atoms with Crippen LogP contribution in [0.2, 0.25) is 0 Å². The summed E-state index contributed by atoms with van der Waals surface area (Å²) < 4.78 is 54.8. The maximum atomic E-state index is 12.6. The molecule has 1 aromatic rings. The first kappa shape index (κ1) is 21.5. The van der Waals surface area contributed by atoms with Gasteiger partial charge < -0.3 is 9.64 Å². The van der Waals surface area contributed by atoms with Crippen LogP contribution >= 0.6 is 11.8 Å². The van der Waals surface area contributed by atoms with Crippen LogP contribution in [-0.2, 0) is 29.4 Å². The number of pyridine rings is 1. The van der Waals surface area contributed by atoms with Crippen molar-refractivity contribution in [2.45, 2.75) is 22.4 Å². The smallest absolute Gasteiger partial charge is 0.244 e. The second kappa shape index (κ2) is 8.66. The summed E-state index contributed by atoms with van der Waals surface area (Å²) in [6.07, 6.45) is 1.76. The predicted molar refractivity (Wildman–Crippen MR) is 104 cm³/mol. The van der Waals surface area contributed by atoms with Gasteiger partial charge in [0, 0.05) is 32.4 Å². The molecule has 12 heteroatoms. The molecule has 1 amide bonds. The molecule has 1 aromatic heterocycles. The van der Waals surface area contributed by atoms with Crippen LogP contribution in [0.4, 0.5) is 0 Å². The molecule has 2 saturated heterocycles. The van der Waals surface area contributed by atoms with Crippen LogP contribution in [0.5, 0.6) is 0 Å². The summed E-state index contributed by atoms with van der Waals surface area (Å²) >= 11 is 1.19. The van der Waals surface area contributed by atoms with E-state index < -0.39 is 19.9 Å². The quantitative estimate of drug-likeness (QED) is 0.551. The zero-order valence-electron chi connectivity index (χ0n) is 15.5. The van der Waals surface area contributed by atoms with Crippen molar-refractivity contribution >= 4 is 37.5 Å². The summed E-state index contributed by atoms with van der Waals surface area (Å²) in [6, 6.07) is 2.77. The molecule has 3 heterocycles. The van der Waals surface area contributed by atoms with Crippen molar-refractivity contribution in [3.8, 4) is 0 Å². The molecular weight excluding hydrogens is 426 g/mol. The van der Waals surface area contributed by atoms with E-state index in [-0.39, 0.29) is 34.1 Å². The fraction of sp³-hybridized carbons (Fsp3) is 0.625. The molecule has 2 fully saturated rings. The number of morpholine rings is 1. The normalized spacial score (nSPS) is 22.8. The topological polar surface area (TPSA) is 114 Å². The van der Waals surface area contributed by atoms with E-state index in [1.807, 2.05) is 0 Å². The number of sulfone groups is 1. The van der Waals surface area contributed by atoms with E-state index in [0.29, 0.717) is 37.8 Å². The van der Waals surface area contributed by atoms with Crippen molar-refractivity contribution in [1.82, 2.24) is 14.2 Å². The lowest BCUT2D eigenvalue weighted by Gasteiger charge is -2.25. The van der Waals surface area contributed by atoms with Crippen LogP contribution in [0, 0.1) is 0 Å². The van der Waals surface area contributed by atoms with E-state index in [0.717, 1.165) is 0 Å². The lowest BCUT2D eigenvalue weighted by molar-refractivity contribution is -0.128. The molecule has 1 unspecified atom stereocenters. The minimum absolute atomic E-state index is 0.00620. The highest BCUT2D eigenvalue weighted by Gasteiger charge is 2.32. The third kappa shape index (κ3) is 5.03. The first-order valence-corrected chi connectivity index (χ1v) is 13.1. The molecule has 0 radical (unpaired) electrons. The molecule has 3 rings (SSSR count). The van der Waals surface area contributed by atoms with Crippen LogP contribution in [-0.4, -0.2) is 93.6 Å². The van der Waals surface area contributed by atoms with Gasteiger partial charge >= 0.3 is 0 Å². The lowest BCUT2D eigenvalue weighted by atomic mass is 10.2. The second-order valence-corrected chi connectivity index (χ2v) is 11.9. The molecule has 0 aliphatic carbocycles. The van der Waals surface area contributed by atoms with E-state index in [1.165, 1.54) is 33.2 Å². The fourth-order valence-corrected chi connectivity index (χ4v) is 6.96. The Morgan fingerprint density at radius 3 is 2.64 bits per heavy atom. The number of nitrogens with zero attached hydrogens (tertiary/aromatic N) is 3. The Labute approximate surface area is 169 Å². The fourth-order valence-electron chi connectivity index (χ4n) is 3.06. The Bertz CT molecular complexity index is 911. The Balaban J connectivity index is 1.56. The van der Waals surface area contributed by atoms with Gasteiger partial charge in [-0.05, 0) is 18.6 Å². The molecule has 0 saturated carbocycles. The Kier molecular flexibility index (Phi) is 6.65. The van der Waals surface area contributed by atoms with E-state index in [1.54, 1.807) is 13.1 Å². The predicted octanol–water partition coefficient (Wildman–Crippen LogP) is -0.160. The Morgan fingerprint density at radius 2 is 2.07 bits per heavy atom. The molecule has 0 aromatic carbocycles. The minimum Gasteiger partial charge on any atom is -0.379 e. The highest BCUT2D eigenvalue weighted by molar-refractivity contribution is 7.99. The van der Waals surface area contributed by atoms with Crippen molar-refractivity contribution < 1.29 is 26.4 Å². The molecule has 2 aliphatic heterocycles. The highest BCUT2D eigenvalue weighted by atomic mass is 32.2. The van der Waals surface area contributed by atoms with E-state index in [4.69, 9.17) is 4.74 Å². The van der Waals surface area contributed by atoms with Crippen LogP contribution in [0.1, 0.15) is 6.42 Å². The molecule has 1 atom stereocenters. The van der Waals surface area contributed by atoms with Crippen LogP contribution < -0.4 is 0 Å². The number of carbonyl (C=O) groups excluding carboxylic acids is 1. The number of amides is 1. The van der Waals surface area contributed by atoms with Gasteiger partial charge in [-0.2, -0.15) is 4.31 Å². The lowest BCUT2D eigenvalue weighted by Crippen LogP contribution is -2.40. The monoisotopic (exact) mass is 449 g/mol. The number of carbonyl (C=O) groups is 1. The van der Waals surface area contributed by atoms with E-state index in [2.05, 4.69) is 4.98 Å². The van der Waals surface area contributed by atoms with Gasteiger partial charge in [0.1, 0.15) is 4.90 Å².